The summed E-state index contributed by atoms with van der Waals surface area (Å²) in [7, 11) is 0. The second-order valence-electron chi connectivity index (χ2n) is 3.08. The Morgan fingerprint density at radius 3 is 2.86 bits per heavy atom. The molecule has 0 aliphatic carbocycles. The molecule has 0 saturated carbocycles. The summed E-state index contributed by atoms with van der Waals surface area (Å²) in [5.74, 6) is 0. The zero-order chi connectivity index (χ0) is 10.1. The standard InChI is InChI=1S/C11H7ClN2/c1-7-4-8(6-13)10-5-9(12)2-3-11(10)14-7/h2-5H,1H3. The summed E-state index contributed by atoms with van der Waals surface area (Å²) < 4.78 is 0. The van der Waals surface area contributed by atoms with Gasteiger partial charge in [0.05, 0.1) is 17.1 Å². The second kappa shape index (κ2) is 3.28. The molecule has 2 nitrogen and oxygen atoms in total. The highest BCUT2D eigenvalue weighted by atomic mass is 35.5. The Morgan fingerprint density at radius 1 is 1.36 bits per heavy atom. The van der Waals surface area contributed by atoms with Crippen molar-refractivity contribution in [2.75, 3.05) is 0 Å². The van der Waals surface area contributed by atoms with E-state index in [1.54, 1.807) is 18.2 Å². The number of hydrogen-bond acceptors (Lipinski definition) is 2. The van der Waals surface area contributed by atoms with Gasteiger partial charge in [-0.3, -0.25) is 4.98 Å². The highest BCUT2D eigenvalue weighted by Crippen LogP contribution is 2.21. The molecule has 2 aromatic rings. The molecule has 0 aliphatic rings. The summed E-state index contributed by atoms with van der Waals surface area (Å²) in [5, 5.41) is 10.4. The number of benzene rings is 1. The van der Waals surface area contributed by atoms with Crippen LogP contribution >= 0.6 is 11.6 Å². The van der Waals surface area contributed by atoms with Crippen molar-refractivity contribution in [1.29, 1.82) is 5.26 Å². The lowest BCUT2D eigenvalue weighted by atomic mass is 10.1. The average Bonchev–Trinajstić information content (AvgIpc) is 2.17. The Kier molecular flexibility index (Phi) is 2.11. The number of nitrogens with zero attached hydrogens (tertiary/aromatic N) is 2. The molecular formula is C11H7ClN2. The third-order valence-electron chi connectivity index (χ3n) is 2.02. The predicted octanol–water partition coefficient (Wildman–Crippen LogP) is 3.07. The van der Waals surface area contributed by atoms with Crippen LogP contribution in [0.25, 0.3) is 10.9 Å². The topological polar surface area (TPSA) is 36.7 Å². The molecule has 14 heavy (non-hydrogen) atoms. The van der Waals surface area contributed by atoms with Crippen LogP contribution < -0.4 is 0 Å². The Labute approximate surface area is 86.8 Å². The maximum atomic E-state index is 8.93. The molecule has 1 aromatic heterocycles. The maximum Gasteiger partial charge on any atom is 0.0999 e. The van der Waals surface area contributed by atoms with Crippen LogP contribution in [0.1, 0.15) is 11.3 Å². The zero-order valence-electron chi connectivity index (χ0n) is 7.58. The smallest absolute Gasteiger partial charge is 0.0999 e. The third-order valence-corrected chi connectivity index (χ3v) is 2.25. The lowest BCUT2D eigenvalue weighted by molar-refractivity contribution is 1.25. The quantitative estimate of drug-likeness (QED) is 0.658. The largest absolute Gasteiger partial charge is 0.253 e. The van der Waals surface area contributed by atoms with Crippen molar-refractivity contribution < 1.29 is 0 Å². The van der Waals surface area contributed by atoms with Gasteiger partial charge in [0, 0.05) is 16.1 Å². The Morgan fingerprint density at radius 2 is 2.14 bits per heavy atom. The van der Waals surface area contributed by atoms with Gasteiger partial charge in [-0.15, -0.1) is 0 Å². The highest BCUT2D eigenvalue weighted by Gasteiger charge is 2.03. The van der Waals surface area contributed by atoms with Crippen molar-refractivity contribution in [2.24, 2.45) is 0 Å². The monoisotopic (exact) mass is 202 g/mol. The van der Waals surface area contributed by atoms with Crippen molar-refractivity contribution in [1.82, 2.24) is 4.98 Å². The number of pyridine rings is 1. The molecule has 3 heteroatoms. The van der Waals surface area contributed by atoms with E-state index < -0.39 is 0 Å². The Hall–Kier alpha value is -1.59. The van der Waals surface area contributed by atoms with Gasteiger partial charge in [-0.2, -0.15) is 5.26 Å². The van der Waals surface area contributed by atoms with Gasteiger partial charge in [-0.25, -0.2) is 0 Å². The van der Waals surface area contributed by atoms with Crippen molar-refractivity contribution >= 4 is 22.5 Å². The van der Waals surface area contributed by atoms with Gasteiger partial charge in [0.15, 0.2) is 0 Å². The summed E-state index contributed by atoms with van der Waals surface area (Å²) in [4.78, 5) is 4.32. The molecule has 0 spiro atoms. The molecule has 0 atom stereocenters. The fraction of sp³-hybridized carbons (Fsp3) is 0.0909. The molecule has 0 unspecified atom stereocenters. The maximum absolute atomic E-state index is 8.93. The number of fused-ring (bicyclic) bond motifs is 1. The van der Waals surface area contributed by atoms with Crippen LogP contribution in [0.2, 0.25) is 5.02 Å². The molecule has 1 heterocycles. The Balaban J connectivity index is 2.90. The summed E-state index contributed by atoms with van der Waals surface area (Å²) in [6.45, 7) is 1.87. The van der Waals surface area contributed by atoms with Crippen LogP contribution in [0.3, 0.4) is 0 Å². The number of nitriles is 1. The van der Waals surface area contributed by atoms with Crippen molar-refractivity contribution in [3.8, 4) is 6.07 Å². The number of halogens is 1. The van der Waals surface area contributed by atoms with E-state index in [4.69, 9.17) is 16.9 Å². The molecule has 0 amide bonds. The number of hydrogen-bond donors (Lipinski definition) is 0. The van der Waals surface area contributed by atoms with Crippen molar-refractivity contribution in [3.05, 3.63) is 40.5 Å². The van der Waals surface area contributed by atoms with Crippen LogP contribution in [-0.2, 0) is 0 Å². The van der Waals surface area contributed by atoms with Gasteiger partial charge in [0.2, 0.25) is 0 Å². The van der Waals surface area contributed by atoms with Crippen LogP contribution in [0.5, 0.6) is 0 Å². The fourth-order valence-corrected chi connectivity index (χ4v) is 1.59. The number of rotatable bonds is 0. The first-order valence-electron chi connectivity index (χ1n) is 4.18. The van der Waals surface area contributed by atoms with Crippen LogP contribution in [0, 0.1) is 18.3 Å². The predicted molar refractivity (Wildman–Crippen MR) is 56.2 cm³/mol. The van der Waals surface area contributed by atoms with E-state index in [0.717, 1.165) is 16.6 Å². The average molecular weight is 203 g/mol. The van der Waals surface area contributed by atoms with Crippen LogP contribution in [0.4, 0.5) is 0 Å². The van der Waals surface area contributed by atoms with E-state index in [1.807, 2.05) is 13.0 Å². The lowest BCUT2D eigenvalue weighted by Crippen LogP contribution is -1.87. The summed E-state index contributed by atoms with van der Waals surface area (Å²) in [6, 6.07) is 9.27. The third kappa shape index (κ3) is 1.43. The van der Waals surface area contributed by atoms with E-state index in [-0.39, 0.29) is 0 Å². The van der Waals surface area contributed by atoms with Crippen LogP contribution in [0.15, 0.2) is 24.3 Å². The van der Waals surface area contributed by atoms with E-state index in [9.17, 15) is 0 Å². The first kappa shape index (κ1) is 8.98. The van der Waals surface area contributed by atoms with E-state index in [1.165, 1.54) is 0 Å². The van der Waals surface area contributed by atoms with Crippen molar-refractivity contribution in [2.45, 2.75) is 6.92 Å². The molecular weight excluding hydrogens is 196 g/mol. The minimum Gasteiger partial charge on any atom is -0.253 e. The van der Waals surface area contributed by atoms with Crippen molar-refractivity contribution in [3.63, 3.8) is 0 Å². The first-order chi connectivity index (χ1) is 6.70. The molecule has 0 aliphatic heterocycles. The van der Waals surface area contributed by atoms with Gasteiger partial charge in [0.1, 0.15) is 0 Å². The molecule has 1 aromatic carbocycles. The van der Waals surface area contributed by atoms with Gasteiger partial charge < -0.3 is 0 Å². The minimum atomic E-state index is 0.620. The normalized spacial score (nSPS) is 10.1. The Bertz CT molecular complexity index is 541. The van der Waals surface area contributed by atoms with Gasteiger partial charge in [-0.05, 0) is 31.2 Å². The molecule has 2 rings (SSSR count). The molecule has 0 N–H and O–H groups in total. The molecule has 0 radical (unpaired) electrons. The SMILES string of the molecule is Cc1cc(C#N)c2cc(Cl)ccc2n1. The number of aromatic nitrogens is 1. The van der Waals surface area contributed by atoms with E-state index in [0.29, 0.717) is 10.6 Å². The second-order valence-corrected chi connectivity index (χ2v) is 3.52. The fourth-order valence-electron chi connectivity index (χ4n) is 1.42. The van der Waals surface area contributed by atoms with Gasteiger partial charge >= 0.3 is 0 Å². The summed E-state index contributed by atoms with van der Waals surface area (Å²) in [5.41, 5.74) is 2.28. The van der Waals surface area contributed by atoms with E-state index >= 15 is 0 Å². The molecule has 68 valence electrons. The molecule has 0 saturated heterocycles. The number of aryl methyl sites for hydroxylation is 1. The van der Waals surface area contributed by atoms with Crippen LogP contribution in [-0.4, -0.2) is 4.98 Å². The minimum absolute atomic E-state index is 0.620. The van der Waals surface area contributed by atoms with Gasteiger partial charge in [0.25, 0.3) is 0 Å². The lowest BCUT2D eigenvalue weighted by Gasteiger charge is -2.01. The summed E-state index contributed by atoms with van der Waals surface area (Å²) >= 11 is 5.85. The first-order valence-corrected chi connectivity index (χ1v) is 4.55. The zero-order valence-corrected chi connectivity index (χ0v) is 8.34. The molecule has 0 bridgehead atoms. The summed E-state index contributed by atoms with van der Waals surface area (Å²) in [6.07, 6.45) is 0. The highest BCUT2D eigenvalue weighted by molar-refractivity contribution is 6.31. The molecule has 0 fully saturated rings. The van der Waals surface area contributed by atoms with E-state index in [2.05, 4.69) is 11.1 Å². The van der Waals surface area contributed by atoms with Gasteiger partial charge in [-0.1, -0.05) is 11.6 Å².